The molecule has 118 valence electrons. The number of ether oxygens (including phenoxy) is 1. The first kappa shape index (κ1) is 18.7. The molecule has 0 aromatic heterocycles. The molecule has 6 heteroatoms. The van der Waals surface area contributed by atoms with Crippen LogP contribution in [0.25, 0.3) is 0 Å². The fourth-order valence-corrected chi connectivity index (χ4v) is 1.85. The zero-order valence-corrected chi connectivity index (χ0v) is 13.2. The van der Waals surface area contributed by atoms with Crippen molar-refractivity contribution in [3.63, 3.8) is 0 Å². The predicted octanol–water partition coefficient (Wildman–Crippen LogP) is 1.99. The highest BCUT2D eigenvalue weighted by Crippen LogP contribution is 2.15. The van der Waals surface area contributed by atoms with E-state index >= 15 is 0 Å². The van der Waals surface area contributed by atoms with Gasteiger partial charge in [-0.2, -0.15) is 0 Å². The number of carbonyl (C=O) groups is 2. The molecule has 0 radical (unpaired) electrons. The second kappa shape index (κ2) is 8.79. The van der Waals surface area contributed by atoms with Crippen molar-refractivity contribution in [1.29, 1.82) is 0 Å². The Morgan fingerprint density at radius 3 is 2.10 bits per heavy atom. The molecule has 0 aliphatic carbocycles. The summed E-state index contributed by atoms with van der Waals surface area (Å²) in [6.45, 7) is 10.3. The fraction of sp³-hybridized carbons (Fsp3) is 0.857. The first-order valence-electron chi connectivity index (χ1n) is 7.22. The molecule has 0 aliphatic heterocycles. The lowest BCUT2D eigenvalue weighted by Crippen LogP contribution is -2.58. The number of amides is 2. The highest BCUT2D eigenvalue weighted by Gasteiger charge is 2.36. The number of urea groups is 1. The number of carboxylic acids is 1. The number of rotatable bonds is 9. The lowest BCUT2D eigenvalue weighted by atomic mass is 9.93. The fourth-order valence-electron chi connectivity index (χ4n) is 1.85. The van der Waals surface area contributed by atoms with E-state index < -0.39 is 17.5 Å². The Kier molecular flexibility index (Phi) is 8.22. The minimum absolute atomic E-state index is 0.143. The van der Waals surface area contributed by atoms with Gasteiger partial charge in [-0.3, -0.25) is 0 Å². The number of aliphatic carboxylic acids is 1. The summed E-state index contributed by atoms with van der Waals surface area (Å²) in [6, 6.07) is -0.607. The van der Waals surface area contributed by atoms with Gasteiger partial charge < -0.3 is 20.5 Å². The number of carboxylic acid groups (broad SMARTS) is 1. The van der Waals surface area contributed by atoms with Crippen molar-refractivity contribution < 1.29 is 19.4 Å². The van der Waals surface area contributed by atoms with Gasteiger partial charge in [0.1, 0.15) is 5.54 Å². The summed E-state index contributed by atoms with van der Waals surface area (Å²) in [5.74, 6) is -0.807. The van der Waals surface area contributed by atoms with Crippen LogP contribution in [0.1, 0.15) is 47.5 Å². The highest BCUT2D eigenvalue weighted by atomic mass is 16.5. The van der Waals surface area contributed by atoms with Gasteiger partial charge in [0.25, 0.3) is 0 Å². The Labute approximate surface area is 121 Å². The highest BCUT2D eigenvalue weighted by molar-refractivity contribution is 5.86. The van der Waals surface area contributed by atoms with Gasteiger partial charge >= 0.3 is 12.0 Å². The van der Waals surface area contributed by atoms with Crippen LogP contribution in [-0.2, 0) is 9.53 Å². The minimum Gasteiger partial charge on any atom is -0.480 e. The molecule has 0 aliphatic rings. The average molecular weight is 288 g/mol. The van der Waals surface area contributed by atoms with Crippen molar-refractivity contribution in [2.24, 2.45) is 5.92 Å². The van der Waals surface area contributed by atoms with Crippen LogP contribution in [0, 0.1) is 5.92 Å². The van der Waals surface area contributed by atoms with Gasteiger partial charge in [-0.1, -0.05) is 27.7 Å². The molecule has 0 saturated carbocycles. The molecule has 1 unspecified atom stereocenters. The van der Waals surface area contributed by atoms with E-state index in [9.17, 15) is 14.7 Å². The Bertz CT molecular complexity index is 314. The normalized spacial score (nSPS) is 13.1. The van der Waals surface area contributed by atoms with Crippen molar-refractivity contribution in [2.45, 2.75) is 59.0 Å². The third-order valence-corrected chi connectivity index (χ3v) is 3.59. The second-order valence-electron chi connectivity index (χ2n) is 5.20. The number of nitrogens with one attached hydrogen (secondary N) is 2. The maximum Gasteiger partial charge on any atom is 0.329 e. The molecule has 0 spiro atoms. The lowest BCUT2D eigenvalue weighted by Gasteiger charge is -2.30. The van der Waals surface area contributed by atoms with Gasteiger partial charge in [-0.15, -0.1) is 0 Å². The van der Waals surface area contributed by atoms with Crippen molar-refractivity contribution in [3.8, 4) is 0 Å². The minimum atomic E-state index is -1.21. The van der Waals surface area contributed by atoms with Crippen LogP contribution in [0.5, 0.6) is 0 Å². The smallest absolute Gasteiger partial charge is 0.329 e. The molecular formula is C14H28N2O4. The molecule has 0 rings (SSSR count). The molecule has 6 nitrogen and oxygen atoms in total. The standard InChI is InChI=1S/C14H28N2O4/c1-6-14(7-2,12(17)18)16-13(19)15-11(10(4)5)9-20-8-3/h10-11H,6-9H2,1-5H3,(H,17,18)(H2,15,16,19). The Morgan fingerprint density at radius 2 is 1.75 bits per heavy atom. The van der Waals surface area contributed by atoms with E-state index in [1.54, 1.807) is 13.8 Å². The van der Waals surface area contributed by atoms with Gasteiger partial charge in [0, 0.05) is 6.61 Å². The molecule has 1 atom stereocenters. The van der Waals surface area contributed by atoms with Crippen LogP contribution in [0.15, 0.2) is 0 Å². The molecule has 0 saturated heterocycles. The zero-order valence-electron chi connectivity index (χ0n) is 13.2. The predicted molar refractivity (Wildman–Crippen MR) is 77.7 cm³/mol. The summed E-state index contributed by atoms with van der Waals surface area (Å²) >= 11 is 0. The molecule has 0 aromatic rings. The summed E-state index contributed by atoms with van der Waals surface area (Å²) in [4.78, 5) is 23.4. The van der Waals surface area contributed by atoms with Gasteiger partial charge in [-0.25, -0.2) is 9.59 Å². The number of hydrogen-bond acceptors (Lipinski definition) is 3. The van der Waals surface area contributed by atoms with Gasteiger partial charge in [0.05, 0.1) is 12.6 Å². The van der Waals surface area contributed by atoms with E-state index in [0.29, 0.717) is 26.1 Å². The molecule has 0 aromatic carbocycles. The quantitative estimate of drug-likeness (QED) is 0.605. The molecule has 20 heavy (non-hydrogen) atoms. The van der Waals surface area contributed by atoms with E-state index in [2.05, 4.69) is 10.6 Å². The monoisotopic (exact) mass is 288 g/mol. The number of hydrogen-bond donors (Lipinski definition) is 3. The zero-order chi connectivity index (χ0) is 15.8. The van der Waals surface area contributed by atoms with Crippen molar-refractivity contribution in [3.05, 3.63) is 0 Å². The largest absolute Gasteiger partial charge is 0.480 e. The van der Waals surface area contributed by atoms with Crippen LogP contribution in [-0.4, -0.2) is 41.9 Å². The first-order valence-corrected chi connectivity index (χ1v) is 7.22. The van der Waals surface area contributed by atoms with Crippen LogP contribution in [0.2, 0.25) is 0 Å². The molecular weight excluding hydrogens is 260 g/mol. The maximum atomic E-state index is 12.0. The third-order valence-electron chi connectivity index (χ3n) is 3.59. The Hall–Kier alpha value is -1.30. The molecule has 0 heterocycles. The average Bonchev–Trinajstić information content (AvgIpc) is 2.40. The van der Waals surface area contributed by atoms with Gasteiger partial charge in [0.2, 0.25) is 0 Å². The van der Waals surface area contributed by atoms with E-state index in [4.69, 9.17) is 4.74 Å². The van der Waals surface area contributed by atoms with Gasteiger partial charge in [-0.05, 0) is 25.7 Å². The van der Waals surface area contributed by atoms with Crippen LogP contribution >= 0.6 is 0 Å². The summed E-state index contributed by atoms with van der Waals surface area (Å²) in [6.07, 6.45) is 0.675. The van der Waals surface area contributed by atoms with Crippen molar-refractivity contribution >= 4 is 12.0 Å². The molecule has 2 amide bonds. The maximum absolute atomic E-state index is 12.0. The lowest BCUT2D eigenvalue weighted by molar-refractivity contribution is -0.144. The summed E-state index contributed by atoms with van der Waals surface area (Å²) in [5.41, 5.74) is -1.21. The summed E-state index contributed by atoms with van der Waals surface area (Å²) < 4.78 is 5.33. The van der Waals surface area contributed by atoms with Crippen LogP contribution < -0.4 is 10.6 Å². The second-order valence-corrected chi connectivity index (χ2v) is 5.20. The van der Waals surface area contributed by atoms with E-state index in [0.717, 1.165) is 0 Å². The van der Waals surface area contributed by atoms with Crippen molar-refractivity contribution in [2.75, 3.05) is 13.2 Å². The SMILES string of the molecule is CCOCC(NC(=O)NC(CC)(CC)C(=O)O)C(C)C. The van der Waals surface area contributed by atoms with Crippen LogP contribution in [0.4, 0.5) is 4.79 Å². The van der Waals surface area contributed by atoms with E-state index in [1.165, 1.54) is 0 Å². The number of carbonyl (C=O) groups excluding carboxylic acids is 1. The topological polar surface area (TPSA) is 87.7 Å². The van der Waals surface area contributed by atoms with Crippen LogP contribution in [0.3, 0.4) is 0 Å². The van der Waals surface area contributed by atoms with E-state index in [1.807, 2.05) is 20.8 Å². The summed E-state index contributed by atoms with van der Waals surface area (Å²) in [5, 5.41) is 14.7. The molecule has 3 N–H and O–H groups in total. The van der Waals surface area contributed by atoms with E-state index in [-0.39, 0.29) is 12.0 Å². The Morgan fingerprint density at radius 1 is 1.20 bits per heavy atom. The molecule has 0 bridgehead atoms. The Balaban J connectivity index is 4.68. The van der Waals surface area contributed by atoms with Gasteiger partial charge in [0.15, 0.2) is 0 Å². The summed E-state index contributed by atoms with van der Waals surface area (Å²) in [7, 11) is 0. The van der Waals surface area contributed by atoms with Crippen molar-refractivity contribution in [1.82, 2.24) is 10.6 Å². The first-order chi connectivity index (χ1) is 9.32. The third kappa shape index (κ3) is 5.36. The molecule has 0 fully saturated rings.